The number of H-pyrrole nitrogens is 1. The SMILES string of the molecule is CCc1nc(/C=C2\C(=O)Nc3ccc(C(C)=O)cc32)c(C)[nH]1. The quantitative estimate of drug-likeness (QED) is 0.675. The Balaban J connectivity index is 2.10. The maximum atomic E-state index is 12.2. The molecule has 0 saturated carbocycles. The second-order valence-electron chi connectivity index (χ2n) is 5.38. The summed E-state index contributed by atoms with van der Waals surface area (Å²) in [6.07, 6.45) is 2.58. The van der Waals surface area contributed by atoms with Crippen LogP contribution in [0.2, 0.25) is 0 Å². The lowest BCUT2D eigenvalue weighted by Gasteiger charge is -2.01. The van der Waals surface area contributed by atoms with Gasteiger partial charge in [-0.1, -0.05) is 6.92 Å². The molecule has 5 heteroatoms. The predicted molar refractivity (Wildman–Crippen MR) is 85.6 cm³/mol. The Morgan fingerprint density at radius 2 is 2.14 bits per heavy atom. The van der Waals surface area contributed by atoms with Crippen molar-refractivity contribution in [2.45, 2.75) is 27.2 Å². The van der Waals surface area contributed by atoms with Crippen LogP contribution in [0.1, 0.15) is 47.0 Å². The highest BCUT2D eigenvalue weighted by Crippen LogP contribution is 2.34. The number of aromatic amines is 1. The Labute approximate surface area is 128 Å². The van der Waals surface area contributed by atoms with E-state index in [4.69, 9.17) is 0 Å². The van der Waals surface area contributed by atoms with Crippen LogP contribution in [0.3, 0.4) is 0 Å². The molecule has 2 aromatic rings. The van der Waals surface area contributed by atoms with Crippen molar-refractivity contribution < 1.29 is 9.59 Å². The van der Waals surface area contributed by atoms with Crippen LogP contribution in [0, 0.1) is 6.92 Å². The number of carbonyl (C=O) groups excluding carboxylic acids is 2. The Morgan fingerprint density at radius 1 is 1.36 bits per heavy atom. The fourth-order valence-corrected chi connectivity index (χ4v) is 2.53. The number of hydrogen-bond acceptors (Lipinski definition) is 3. The average molecular weight is 295 g/mol. The number of imidazole rings is 1. The first-order valence-electron chi connectivity index (χ1n) is 7.23. The van der Waals surface area contributed by atoms with Crippen molar-refractivity contribution in [1.29, 1.82) is 0 Å². The maximum absolute atomic E-state index is 12.2. The van der Waals surface area contributed by atoms with Crippen LogP contribution in [0.5, 0.6) is 0 Å². The lowest BCUT2D eigenvalue weighted by Crippen LogP contribution is -2.03. The molecule has 0 atom stereocenters. The molecule has 22 heavy (non-hydrogen) atoms. The number of benzene rings is 1. The van der Waals surface area contributed by atoms with E-state index in [1.165, 1.54) is 6.92 Å². The van der Waals surface area contributed by atoms with E-state index in [1.54, 1.807) is 24.3 Å². The largest absolute Gasteiger partial charge is 0.346 e. The normalized spacial score (nSPS) is 15.0. The molecular formula is C17H17N3O2. The molecule has 5 nitrogen and oxygen atoms in total. The van der Waals surface area contributed by atoms with Gasteiger partial charge in [0.1, 0.15) is 5.82 Å². The van der Waals surface area contributed by atoms with Gasteiger partial charge in [-0.05, 0) is 38.1 Å². The first kappa shape index (κ1) is 14.3. The van der Waals surface area contributed by atoms with Gasteiger partial charge in [-0.15, -0.1) is 0 Å². The van der Waals surface area contributed by atoms with Crippen LogP contribution < -0.4 is 5.32 Å². The van der Waals surface area contributed by atoms with Gasteiger partial charge in [0.15, 0.2) is 5.78 Å². The summed E-state index contributed by atoms with van der Waals surface area (Å²) in [5, 5.41) is 2.82. The summed E-state index contributed by atoms with van der Waals surface area (Å²) in [7, 11) is 0. The second kappa shape index (κ2) is 5.26. The zero-order chi connectivity index (χ0) is 15.9. The number of hydrogen-bond donors (Lipinski definition) is 2. The number of nitrogens with one attached hydrogen (secondary N) is 2. The number of fused-ring (bicyclic) bond motifs is 1. The van der Waals surface area contributed by atoms with E-state index in [0.717, 1.165) is 34.9 Å². The molecule has 2 N–H and O–H groups in total. The Hall–Kier alpha value is -2.69. The fraction of sp³-hybridized carbons (Fsp3) is 0.235. The molecule has 0 aliphatic carbocycles. The van der Waals surface area contributed by atoms with E-state index in [1.807, 2.05) is 13.8 Å². The third-order valence-electron chi connectivity index (χ3n) is 3.80. The summed E-state index contributed by atoms with van der Waals surface area (Å²) >= 11 is 0. The molecule has 1 aromatic heterocycles. The summed E-state index contributed by atoms with van der Waals surface area (Å²) in [5.74, 6) is 0.697. The number of aryl methyl sites for hydroxylation is 2. The molecule has 0 spiro atoms. The summed E-state index contributed by atoms with van der Waals surface area (Å²) in [6, 6.07) is 5.24. The van der Waals surface area contributed by atoms with Gasteiger partial charge in [0.2, 0.25) is 0 Å². The second-order valence-corrected chi connectivity index (χ2v) is 5.38. The maximum Gasteiger partial charge on any atom is 0.256 e. The van der Waals surface area contributed by atoms with Gasteiger partial charge in [-0.2, -0.15) is 0 Å². The van der Waals surface area contributed by atoms with E-state index in [2.05, 4.69) is 15.3 Å². The number of aromatic nitrogens is 2. The van der Waals surface area contributed by atoms with Crippen molar-refractivity contribution in [2.75, 3.05) is 5.32 Å². The highest BCUT2D eigenvalue weighted by atomic mass is 16.2. The zero-order valence-corrected chi connectivity index (χ0v) is 12.8. The highest BCUT2D eigenvalue weighted by molar-refractivity contribution is 6.35. The Bertz CT molecular complexity index is 815. The Kier molecular flexibility index (Phi) is 3.41. The first-order chi connectivity index (χ1) is 10.5. The zero-order valence-electron chi connectivity index (χ0n) is 12.8. The fourth-order valence-electron chi connectivity index (χ4n) is 2.53. The van der Waals surface area contributed by atoms with E-state index in [9.17, 15) is 9.59 Å². The monoisotopic (exact) mass is 295 g/mol. The molecule has 1 aromatic carbocycles. The van der Waals surface area contributed by atoms with Crippen LogP contribution in [-0.2, 0) is 11.2 Å². The summed E-state index contributed by atoms with van der Waals surface area (Å²) in [4.78, 5) is 31.4. The molecule has 112 valence electrons. The lowest BCUT2D eigenvalue weighted by atomic mass is 10.0. The molecule has 2 heterocycles. The average Bonchev–Trinajstić information content (AvgIpc) is 2.99. The predicted octanol–water partition coefficient (Wildman–Crippen LogP) is 2.98. The van der Waals surface area contributed by atoms with Crippen LogP contribution >= 0.6 is 0 Å². The molecule has 0 bridgehead atoms. The first-order valence-corrected chi connectivity index (χ1v) is 7.23. The molecule has 0 radical (unpaired) electrons. The molecule has 1 aliphatic rings. The van der Waals surface area contributed by atoms with Crippen molar-refractivity contribution in [3.8, 4) is 0 Å². The van der Waals surface area contributed by atoms with Crippen molar-refractivity contribution >= 4 is 29.0 Å². The number of rotatable bonds is 3. The minimum atomic E-state index is -0.170. The van der Waals surface area contributed by atoms with Gasteiger partial charge in [-0.25, -0.2) is 4.98 Å². The molecule has 1 amide bonds. The van der Waals surface area contributed by atoms with Crippen LogP contribution in [0.15, 0.2) is 18.2 Å². The van der Waals surface area contributed by atoms with Crippen molar-refractivity contribution in [2.24, 2.45) is 0 Å². The molecular weight excluding hydrogens is 278 g/mol. The van der Waals surface area contributed by atoms with Gasteiger partial charge >= 0.3 is 0 Å². The van der Waals surface area contributed by atoms with Gasteiger partial charge in [0.05, 0.1) is 11.3 Å². The number of nitrogens with zero attached hydrogens (tertiary/aromatic N) is 1. The van der Waals surface area contributed by atoms with Crippen LogP contribution in [0.4, 0.5) is 5.69 Å². The summed E-state index contributed by atoms with van der Waals surface area (Å²) < 4.78 is 0. The molecule has 0 saturated heterocycles. The van der Waals surface area contributed by atoms with Crippen LogP contribution in [0.25, 0.3) is 11.6 Å². The molecule has 0 unspecified atom stereocenters. The Morgan fingerprint density at radius 3 is 2.77 bits per heavy atom. The van der Waals surface area contributed by atoms with Crippen molar-refractivity contribution in [3.05, 3.63) is 46.5 Å². The van der Waals surface area contributed by atoms with Gasteiger partial charge in [-0.3, -0.25) is 9.59 Å². The summed E-state index contributed by atoms with van der Waals surface area (Å²) in [6.45, 7) is 5.46. The van der Waals surface area contributed by atoms with E-state index >= 15 is 0 Å². The van der Waals surface area contributed by atoms with Crippen molar-refractivity contribution in [1.82, 2.24) is 9.97 Å². The molecule has 0 fully saturated rings. The van der Waals surface area contributed by atoms with Gasteiger partial charge in [0, 0.05) is 28.9 Å². The van der Waals surface area contributed by atoms with E-state index in [-0.39, 0.29) is 11.7 Å². The number of carbonyl (C=O) groups is 2. The minimum Gasteiger partial charge on any atom is -0.346 e. The minimum absolute atomic E-state index is 0.0225. The third kappa shape index (κ3) is 2.35. The third-order valence-corrected chi connectivity index (χ3v) is 3.80. The van der Waals surface area contributed by atoms with Crippen LogP contribution in [-0.4, -0.2) is 21.7 Å². The van der Waals surface area contributed by atoms with E-state index in [0.29, 0.717) is 11.1 Å². The number of Topliss-reactive ketones (excluding diaryl/α,β-unsaturated/α-hetero) is 1. The highest BCUT2D eigenvalue weighted by Gasteiger charge is 2.25. The summed E-state index contributed by atoms with van der Waals surface area (Å²) in [5.41, 5.74) is 4.28. The van der Waals surface area contributed by atoms with Crippen molar-refractivity contribution in [3.63, 3.8) is 0 Å². The standard InChI is InChI=1S/C17H17N3O2/c1-4-16-18-9(2)15(19-16)8-13-12-7-11(10(3)21)5-6-14(12)20-17(13)22/h5-8H,4H2,1-3H3,(H,18,19)(H,20,22)/b13-8-. The molecule has 1 aliphatic heterocycles. The number of amides is 1. The van der Waals surface area contributed by atoms with Gasteiger partial charge < -0.3 is 10.3 Å². The topological polar surface area (TPSA) is 74.8 Å². The smallest absolute Gasteiger partial charge is 0.256 e. The van der Waals surface area contributed by atoms with E-state index < -0.39 is 0 Å². The molecule has 3 rings (SSSR count). The number of anilines is 1. The number of ketones is 1. The van der Waals surface area contributed by atoms with Gasteiger partial charge in [0.25, 0.3) is 5.91 Å². The lowest BCUT2D eigenvalue weighted by molar-refractivity contribution is -0.110.